The van der Waals surface area contributed by atoms with Crippen molar-refractivity contribution in [2.45, 2.75) is 25.9 Å². The van der Waals surface area contributed by atoms with Crippen molar-refractivity contribution in [3.8, 4) is 10.6 Å². The van der Waals surface area contributed by atoms with Gasteiger partial charge in [-0.15, -0.1) is 11.3 Å². The van der Waals surface area contributed by atoms with Crippen LogP contribution in [0.1, 0.15) is 18.2 Å². The minimum Gasteiger partial charge on any atom is -0.355 e. The average Bonchev–Trinajstić information content (AvgIpc) is 3.08. The second-order valence-corrected chi connectivity index (χ2v) is 6.28. The first-order valence-corrected chi connectivity index (χ1v) is 7.63. The molecule has 2 N–H and O–H groups in total. The molecule has 5 nitrogen and oxygen atoms in total. The van der Waals surface area contributed by atoms with Crippen molar-refractivity contribution in [1.29, 1.82) is 0 Å². The van der Waals surface area contributed by atoms with E-state index in [0.29, 0.717) is 12.5 Å². The second-order valence-electron chi connectivity index (χ2n) is 5.11. The third-order valence-electron chi connectivity index (χ3n) is 3.63. The molecule has 0 aliphatic carbocycles. The molecule has 3 heterocycles. The molecule has 1 amide bonds. The van der Waals surface area contributed by atoms with Crippen LogP contribution in [0.2, 0.25) is 0 Å². The van der Waals surface area contributed by atoms with Gasteiger partial charge in [0, 0.05) is 43.2 Å². The summed E-state index contributed by atoms with van der Waals surface area (Å²) in [5.41, 5.74) is 1.06. The summed E-state index contributed by atoms with van der Waals surface area (Å²) in [5, 5.41) is 9.92. The van der Waals surface area contributed by atoms with Crippen molar-refractivity contribution in [2.75, 3.05) is 13.1 Å². The fourth-order valence-corrected chi connectivity index (χ4v) is 3.39. The Labute approximate surface area is 122 Å². The molecule has 106 valence electrons. The van der Waals surface area contributed by atoms with Crippen LogP contribution in [0.5, 0.6) is 0 Å². The van der Waals surface area contributed by atoms with E-state index in [-0.39, 0.29) is 5.91 Å². The summed E-state index contributed by atoms with van der Waals surface area (Å²) >= 11 is 1.78. The predicted molar refractivity (Wildman–Crippen MR) is 79.4 cm³/mol. The van der Waals surface area contributed by atoms with Crippen LogP contribution in [-0.4, -0.2) is 40.1 Å². The molecule has 2 aromatic rings. The summed E-state index contributed by atoms with van der Waals surface area (Å²) in [6.45, 7) is 4.62. The number of aromatic amines is 1. The van der Waals surface area contributed by atoms with Gasteiger partial charge >= 0.3 is 0 Å². The van der Waals surface area contributed by atoms with Gasteiger partial charge in [0.2, 0.25) is 5.91 Å². The Bertz CT molecular complexity index is 578. The number of H-pyrrole nitrogens is 1. The van der Waals surface area contributed by atoms with E-state index < -0.39 is 0 Å². The van der Waals surface area contributed by atoms with E-state index in [1.54, 1.807) is 17.5 Å². The van der Waals surface area contributed by atoms with Crippen LogP contribution in [0, 0.1) is 0 Å². The molecular weight excluding hydrogens is 272 g/mol. The SMILES string of the molecule is C[C@H]1CNC(=O)CCN1Cc1ccc(-c2ccn[nH]2)s1. The predicted octanol–water partition coefficient (Wildman–Crippen LogP) is 1.85. The molecule has 0 radical (unpaired) electrons. The number of nitrogens with one attached hydrogen (secondary N) is 2. The monoisotopic (exact) mass is 290 g/mol. The molecule has 0 aromatic carbocycles. The lowest BCUT2D eigenvalue weighted by Gasteiger charge is -2.25. The first kappa shape index (κ1) is 13.3. The van der Waals surface area contributed by atoms with Gasteiger partial charge in [0.05, 0.1) is 10.6 Å². The minimum atomic E-state index is 0.156. The lowest BCUT2D eigenvalue weighted by Crippen LogP contribution is -2.36. The number of rotatable bonds is 3. The lowest BCUT2D eigenvalue weighted by atomic mass is 10.2. The highest BCUT2D eigenvalue weighted by Gasteiger charge is 2.20. The Morgan fingerprint density at radius 1 is 1.45 bits per heavy atom. The van der Waals surface area contributed by atoms with Crippen LogP contribution < -0.4 is 5.32 Å². The minimum absolute atomic E-state index is 0.156. The number of aromatic nitrogens is 2. The highest BCUT2D eigenvalue weighted by Crippen LogP contribution is 2.27. The number of amides is 1. The summed E-state index contributed by atoms with van der Waals surface area (Å²) in [6.07, 6.45) is 2.35. The van der Waals surface area contributed by atoms with E-state index in [9.17, 15) is 4.79 Å². The number of hydrogen-bond donors (Lipinski definition) is 2. The second kappa shape index (κ2) is 5.76. The van der Waals surface area contributed by atoms with Gasteiger partial charge in [-0.2, -0.15) is 5.10 Å². The van der Waals surface area contributed by atoms with Gasteiger partial charge in [-0.3, -0.25) is 14.8 Å². The molecule has 1 atom stereocenters. The zero-order valence-electron chi connectivity index (χ0n) is 11.4. The normalized spacial score (nSPS) is 20.6. The van der Waals surface area contributed by atoms with Crippen molar-refractivity contribution in [3.63, 3.8) is 0 Å². The Hall–Kier alpha value is -1.66. The maximum absolute atomic E-state index is 11.4. The molecule has 0 unspecified atom stereocenters. The zero-order valence-corrected chi connectivity index (χ0v) is 12.2. The Morgan fingerprint density at radius 3 is 3.15 bits per heavy atom. The van der Waals surface area contributed by atoms with Crippen LogP contribution >= 0.6 is 11.3 Å². The van der Waals surface area contributed by atoms with Crippen LogP contribution in [-0.2, 0) is 11.3 Å². The van der Waals surface area contributed by atoms with E-state index in [2.05, 4.69) is 39.5 Å². The highest BCUT2D eigenvalue weighted by molar-refractivity contribution is 7.15. The van der Waals surface area contributed by atoms with Gasteiger partial charge in [-0.1, -0.05) is 0 Å². The molecule has 20 heavy (non-hydrogen) atoms. The van der Waals surface area contributed by atoms with Crippen LogP contribution in [0.25, 0.3) is 10.6 Å². The number of carbonyl (C=O) groups is 1. The topological polar surface area (TPSA) is 61.0 Å². The Balaban J connectivity index is 1.69. The van der Waals surface area contributed by atoms with E-state index in [1.165, 1.54) is 9.75 Å². The standard InChI is InChI=1S/C14H18N4OS/c1-10-8-15-14(19)5-7-18(10)9-11-2-3-13(20-11)12-4-6-16-17-12/h2-4,6,10H,5,7-9H2,1H3,(H,15,19)(H,16,17)/t10-/m0/s1. The van der Waals surface area contributed by atoms with E-state index in [0.717, 1.165) is 25.3 Å². The van der Waals surface area contributed by atoms with E-state index in [1.807, 2.05) is 6.07 Å². The zero-order chi connectivity index (χ0) is 13.9. The molecular formula is C14H18N4OS. The van der Waals surface area contributed by atoms with Crippen molar-refractivity contribution < 1.29 is 4.79 Å². The summed E-state index contributed by atoms with van der Waals surface area (Å²) in [4.78, 5) is 16.3. The molecule has 1 saturated heterocycles. The molecule has 0 spiro atoms. The van der Waals surface area contributed by atoms with E-state index >= 15 is 0 Å². The molecule has 1 fully saturated rings. The Kier molecular flexibility index (Phi) is 3.84. The summed E-state index contributed by atoms with van der Waals surface area (Å²) in [5.74, 6) is 0.156. The quantitative estimate of drug-likeness (QED) is 0.907. The summed E-state index contributed by atoms with van der Waals surface area (Å²) in [7, 11) is 0. The van der Waals surface area contributed by atoms with Gasteiger partial charge in [-0.25, -0.2) is 0 Å². The lowest BCUT2D eigenvalue weighted by molar-refractivity contribution is -0.120. The number of nitrogens with zero attached hydrogens (tertiary/aromatic N) is 2. The third-order valence-corrected chi connectivity index (χ3v) is 4.73. The van der Waals surface area contributed by atoms with Crippen molar-refractivity contribution in [3.05, 3.63) is 29.3 Å². The van der Waals surface area contributed by atoms with Crippen molar-refractivity contribution in [1.82, 2.24) is 20.4 Å². The fraction of sp³-hybridized carbons (Fsp3) is 0.429. The molecule has 2 aromatic heterocycles. The molecule has 6 heteroatoms. The van der Waals surface area contributed by atoms with Gasteiger partial charge in [0.25, 0.3) is 0 Å². The van der Waals surface area contributed by atoms with Gasteiger partial charge in [0.1, 0.15) is 0 Å². The van der Waals surface area contributed by atoms with Crippen LogP contribution in [0.3, 0.4) is 0 Å². The van der Waals surface area contributed by atoms with Crippen LogP contribution in [0.4, 0.5) is 0 Å². The van der Waals surface area contributed by atoms with Crippen molar-refractivity contribution >= 4 is 17.2 Å². The molecule has 0 bridgehead atoms. The molecule has 1 aliphatic rings. The molecule has 3 rings (SSSR count). The van der Waals surface area contributed by atoms with Gasteiger partial charge < -0.3 is 5.32 Å². The molecule has 1 aliphatic heterocycles. The maximum atomic E-state index is 11.4. The number of carbonyl (C=O) groups excluding carboxylic acids is 1. The first-order chi connectivity index (χ1) is 9.72. The largest absolute Gasteiger partial charge is 0.355 e. The van der Waals surface area contributed by atoms with Crippen LogP contribution in [0.15, 0.2) is 24.4 Å². The molecule has 0 saturated carbocycles. The van der Waals surface area contributed by atoms with Gasteiger partial charge in [0.15, 0.2) is 0 Å². The first-order valence-electron chi connectivity index (χ1n) is 6.81. The maximum Gasteiger partial charge on any atom is 0.221 e. The highest BCUT2D eigenvalue weighted by atomic mass is 32.1. The average molecular weight is 290 g/mol. The van der Waals surface area contributed by atoms with E-state index in [4.69, 9.17) is 0 Å². The fourth-order valence-electron chi connectivity index (χ4n) is 2.38. The van der Waals surface area contributed by atoms with Crippen molar-refractivity contribution in [2.24, 2.45) is 0 Å². The smallest absolute Gasteiger partial charge is 0.221 e. The van der Waals surface area contributed by atoms with Gasteiger partial charge in [-0.05, 0) is 25.1 Å². The Morgan fingerprint density at radius 2 is 2.35 bits per heavy atom. The number of hydrogen-bond acceptors (Lipinski definition) is 4. The third kappa shape index (κ3) is 2.91. The number of thiophene rings is 1. The summed E-state index contributed by atoms with van der Waals surface area (Å²) in [6, 6.07) is 6.64. The summed E-state index contributed by atoms with van der Waals surface area (Å²) < 4.78 is 0.